The van der Waals surface area contributed by atoms with Gasteiger partial charge in [0.15, 0.2) is 0 Å². The first-order valence-electron chi connectivity index (χ1n) is 7.74. The Kier molecular flexibility index (Phi) is 5.05. The average molecular weight is 253 g/mol. The molecule has 2 N–H and O–H groups in total. The van der Waals surface area contributed by atoms with Gasteiger partial charge < -0.3 is 15.5 Å². The van der Waals surface area contributed by atoms with Gasteiger partial charge in [-0.3, -0.25) is 0 Å². The van der Waals surface area contributed by atoms with Crippen LogP contribution in [0.15, 0.2) is 0 Å². The van der Waals surface area contributed by atoms with Gasteiger partial charge in [-0.15, -0.1) is 0 Å². The molecule has 18 heavy (non-hydrogen) atoms. The average Bonchev–Trinajstić information content (AvgIpc) is 3.15. The normalized spacial score (nSPS) is 23.5. The SMILES string of the molecule is CC(C)(CN)CCCN1CCN(CC2CC2)CC1. The van der Waals surface area contributed by atoms with Gasteiger partial charge in [0.2, 0.25) is 0 Å². The molecule has 1 saturated heterocycles. The zero-order valence-corrected chi connectivity index (χ0v) is 12.3. The molecule has 3 heteroatoms. The molecule has 0 spiro atoms. The minimum atomic E-state index is 0.327. The van der Waals surface area contributed by atoms with Crippen LogP contribution >= 0.6 is 0 Å². The number of nitrogens with zero attached hydrogens (tertiary/aromatic N) is 2. The summed E-state index contributed by atoms with van der Waals surface area (Å²) in [7, 11) is 0. The minimum Gasteiger partial charge on any atom is -0.330 e. The fourth-order valence-corrected chi connectivity index (χ4v) is 2.74. The van der Waals surface area contributed by atoms with Crippen molar-refractivity contribution in [2.24, 2.45) is 17.1 Å². The van der Waals surface area contributed by atoms with Gasteiger partial charge in [-0.2, -0.15) is 0 Å². The second kappa shape index (κ2) is 6.36. The predicted molar refractivity (Wildman–Crippen MR) is 77.7 cm³/mol. The molecule has 106 valence electrons. The smallest absolute Gasteiger partial charge is 0.0110 e. The van der Waals surface area contributed by atoms with E-state index in [1.807, 2.05) is 0 Å². The lowest BCUT2D eigenvalue weighted by molar-refractivity contribution is 0.123. The van der Waals surface area contributed by atoms with Crippen LogP contribution in [0.3, 0.4) is 0 Å². The summed E-state index contributed by atoms with van der Waals surface area (Å²) in [6.07, 6.45) is 5.52. The van der Waals surface area contributed by atoms with E-state index in [0.29, 0.717) is 5.41 Å². The van der Waals surface area contributed by atoms with Crippen LogP contribution in [0.25, 0.3) is 0 Å². The summed E-state index contributed by atoms with van der Waals surface area (Å²) in [5.74, 6) is 1.04. The van der Waals surface area contributed by atoms with Crippen molar-refractivity contribution in [3.05, 3.63) is 0 Å². The van der Waals surface area contributed by atoms with Crippen molar-refractivity contribution in [2.45, 2.75) is 39.5 Å². The highest BCUT2D eigenvalue weighted by Crippen LogP contribution is 2.30. The van der Waals surface area contributed by atoms with Gasteiger partial charge in [-0.1, -0.05) is 13.8 Å². The summed E-state index contributed by atoms with van der Waals surface area (Å²) >= 11 is 0. The van der Waals surface area contributed by atoms with Crippen molar-refractivity contribution in [3.8, 4) is 0 Å². The highest BCUT2D eigenvalue weighted by Gasteiger charge is 2.26. The lowest BCUT2D eigenvalue weighted by Crippen LogP contribution is -2.47. The first-order valence-corrected chi connectivity index (χ1v) is 7.74. The molecule has 2 fully saturated rings. The maximum absolute atomic E-state index is 5.78. The molecule has 0 amide bonds. The Balaban J connectivity index is 1.55. The Morgan fingerprint density at radius 2 is 1.67 bits per heavy atom. The van der Waals surface area contributed by atoms with Crippen molar-refractivity contribution in [2.75, 3.05) is 45.8 Å². The van der Waals surface area contributed by atoms with E-state index >= 15 is 0 Å². The molecule has 1 saturated carbocycles. The molecule has 1 aliphatic carbocycles. The standard InChI is InChI=1S/C15H31N3/c1-15(2,13-16)6-3-7-17-8-10-18(11-9-17)12-14-4-5-14/h14H,3-13,16H2,1-2H3. The molecule has 1 heterocycles. The number of hydrogen-bond acceptors (Lipinski definition) is 3. The predicted octanol–water partition coefficient (Wildman–Crippen LogP) is 1.78. The third-order valence-electron chi connectivity index (χ3n) is 4.56. The minimum absolute atomic E-state index is 0.327. The van der Waals surface area contributed by atoms with E-state index in [1.165, 1.54) is 65.0 Å². The van der Waals surface area contributed by atoms with Crippen molar-refractivity contribution >= 4 is 0 Å². The summed E-state index contributed by atoms with van der Waals surface area (Å²) in [6, 6.07) is 0. The van der Waals surface area contributed by atoms with E-state index in [2.05, 4.69) is 23.6 Å². The molecule has 2 aliphatic rings. The Morgan fingerprint density at radius 3 is 2.22 bits per heavy atom. The summed E-state index contributed by atoms with van der Waals surface area (Å²) < 4.78 is 0. The highest BCUT2D eigenvalue weighted by molar-refractivity contribution is 4.80. The maximum atomic E-state index is 5.78. The topological polar surface area (TPSA) is 32.5 Å². The third kappa shape index (κ3) is 4.87. The first-order chi connectivity index (χ1) is 8.59. The maximum Gasteiger partial charge on any atom is 0.0110 e. The van der Waals surface area contributed by atoms with Gasteiger partial charge in [0.1, 0.15) is 0 Å². The highest BCUT2D eigenvalue weighted by atomic mass is 15.3. The lowest BCUT2D eigenvalue weighted by Gasteiger charge is -2.35. The van der Waals surface area contributed by atoms with Crippen molar-refractivity contribution in [3.63, 3.8) is 0 Å². The molecule has 1 aliphatic heterocycles. The molecule has 0 bridgehead atoms. The Hall–Kier alpha value is -0.120. The Bertz CT molecular complexity index is 240. The van der Waals surface area contributed by atoms with E-state index in [0.717, 1.165) is 12.5 Å². The molecule has 0 aromatic rings. The van der Waals surface area contributed by atoms with Gasteiger partial charge in [0.25, 0.3) is 0 Å². The molecular weight excluding hydrogens is 222 g/mol. The molecule has 0 aromatic carbocycles. The second-order valence-electron chi connectivity index (χ2n) is 7.06. The Morgan fingerprint density at radius 1 is 1.06 bits per heavy atom. The molecule has 0 unspecified atom stereocenters. The molecule has 2 rings (SSSR count). The fourth-order valence-electron chi connectivity index (χ4n) is 2.74. The van der Waals surface area contributed by atoms with E-state index in [-0.39, 0.29) is 0 Å². The van der Waals surface area contributed by atoms with E-state index in [4.69, 9.17) is 5.73 Å². The monoisotopic (exact) mass is 253 g/mol. The zero-order valence-electron chi connectivity index (χ0n) is 12.3. The van der Waals surface area contributed by atoms with Gasteiger partial charge in [0.05, 0.1) is 0 Å². The van der Waals surface area contributed by atoms with Gasteiger partial charge in [-0.25, -0.2) is 0 Å². The third-order valence-corrected chi connectivity index (χ3v) is 4.56. The van der Waals surface area contributed by atoms with E-state index in [9.17, 15) is 0 Å². The summed E-state index contributed by atoms with van der Waals surface area (Å²) in [6.45, 7) is 13.1. The number of nitrogens with two attached hydrogens (primary N) is 1. The van der Waals surface area contributed by atoms with Crippen LogP contribution in [0, 0.1) is 11.3 Å². The zero-order chi connectivity index (χ0) is 13.0. The Labute approximate surface area is 113 Å². The van der Waals surface area contributed by atoms with Crippen LogP contribution in [0.5, 0.6) is 0 Å². The van der Waals surface area contributed by atoms with Gasteiger partial charge in [0, 0.05) is 32.7 Å². The van der Waals surface area contributed by atoms with Crippen molar-refractivity contribution in [1.82, 2.24) is 9.80 Å². The summed E-state index contributed by atoms with van der Waals surface area (Å²) in [4.78, 5) is 5.30. The number of piperazine rings is 1. The van der Waals surface area contributed by atoms with Crippen LogP contribution in [0.2, 0.25) is 0 Å². The van der Waals surface area contributed by atoms with Gasteiger partial charge in [-0.05, 0) is 50.1 Å². The molecular formula is C15H31N3. The van der Waals surface area contributed by atoms with E-state index in [1.54, 1.807) is 0 Å². The number of hydrogen-bond donors (Lipinski definition) is 1. The van der Waals surface area contributed by atoms with Crippen LogP contribution in [-0.2, 0) is 0 Å². The van der Waals surface area contributed by atoms with Crippen LogP contribution in [0.4, 0.5) is 0 Å². The lowest BCUT2D eigenvalue weighted by atomic mass is 9.88. The van der Waals surface area contributed by atoms with Gasteiger partial charge >= 0.3 is 0 Å². The van der Waals surface area contributed by atoms with Crippen LogP contribution in [-0.4, -0.2) is 55.6 Å². The first kappa shape index (κ1) is 14.3. The largest absolute Gasteiger partial charge is 0.330 e. The van der Waals surface area contributed by atoms with Crippen molar-refractivity contribution in [1.29, 1.82) is 0 Å². The second-order valence-corrected chi connectivity index (χ2v) is 7.06. The molecule has 0 aromatic heterocycles. The summed E-state index contributed by atoms with van der Waals surface area (Å²) in [5.41, 5.74) is 6.10. The fraction of sp³-hybridized carbons (Fsp3) is 1.00. The molecule has 0 radical (unpaired) electrons. The molecule has 3 nitrogen and oxygen atoms in total. The summed E-state index contributed by atoms with van der Waals surface area (Å²) in [5, 5.41) is 0. The van der Waals surface area contributed by atoms with Crippen molar-refractivity contribution < 1.29 is 0 Å². The molecule has 0 atom stereocenters. The van der Waals surface area contributed by atoms with E-state index < -0.39 is 0 Å². The van der Waals surface area contributed by atoms with Crippen LogP contribution < -0.4 is 5.73 Å². The number of rotatable bonds is 7. The quantitative estimate of drug-likeness (QED) is 0.751. The van der Waals surface area contributed by atoms with Crippen LogP contribution in [0.1, 0.15) is 39.5 Å².